The molecule has 0 unspecified atom stereocenters. The molecule has 1 N–H and O–H groups in total. The second-order valence-corrected chi connectivity index (χ2v) is 6.77. The fraction of sp³-hybridized carbons (Fsp3) is 0.200. The molecular weight excluding hydrogens is 396 g/mol. The first-order chi connectivity index (χ1) is 12.5. The van der Waals surface area contributed by atoms with Crippen LogP contribution in [0, 0.1) is 0 Å². The summed E-state index contributed by atoms with van der Waals surface area (Å²) in [5.74, 6) is -0.0946. The molecule has 1 heterocycles. The third-order valence-electron chi connectivity index (χ3n) is 4.17. The van der Waals surface area contributed by atoms with Gasteiger partial charge in [0.1, 0.15) is 5.58 Å². The molecule has 26 heavy (non-hydrogen) atoms. The van der Waals surface area contributed by atoms with Gasteiger partial charge < -0.3 is 14.6 Å². The molecular formula is C20H19BrN2O3. The highest BCUT2D eigenvalue weighted by Crippen LogP contribution is 2.27. The third kappa shape index (κ3) is 3.80. The van der Waals surface area contributed by atoms with E-state index in [1.54, 1.807) is 11.0 Å². The Kier molecular flexibility index (Phi) is 5.42. The van der Waals surface area contributed by atoms with Gasteiger partial charge in [-0.3, -0.25) is 9.59 Å². The van der Waals surface area contributed by atoms with Crippen LogP contribution in [0.1, 0.15) is 30.0 Å². The van der Waals surface area contributed by atoms with E-state index in [4.69, 9.17) is 4.42 Å². The number of halogens is 1. The summed E-state index contributed by atoms with van der Waals surface area (Å²) in [6.07, 6.45) is 0. The predicted octanol–water partition coefficient (Wildman–Crippen LogP) is 4.82. The van der Waals surface area contributed by atoms with E-state index < -0.39 is 0 Å². The Morgan fingerprint density at radius 3 is 2.62 bits per heavy atom. The number of carbonyl (C=O) groups is 2. The van der Waals surface area contributed by atoms with Crippen molar-refractivity contribution < 1.29 is 14.0 Å². The smallest absolute Gasteiger partial charge is 0.291 e. The van der Waals surface area contributed by atoms with E-state index in [9.17, 15) is 9.59 Å². The molecule has 2 amide bonds. The lowest BCUT2D eigenvalue weighted by molar-refractivity contribution is -0.129. The van der Waals surface area contributed by atoms with E-state index in [2.05, 4.69) is 21.2 Å². The molecule has 0 atom stereocenters. The Morgan fingerprint density at radius 2 is 1.92 bits per heavy atom. The van der Waals surface area contributed by atoms with Crippen molar-refractivity contribution in [1.82, 2.24) is 4.90 Å². The second kappa shape index (κ2) is 7.74. The number of furan rings is 1. The summed E-state index contributed by atoms with van der Waals surface area (Å²) in [6, 6.07) is 14.8. The van der Waals surface area contributed by atoms with Crippen LogP contribution in [0.15, 0.2) is 57.4 Å². The average molecular weight is 415 g/mol. The van der Waals surface area contributed by atoms with Crippen molar-refractivity contribution >= 4 is 44.4 Å². The molecule has 0 fully saturated rings. The lowest BCUT2D eigenvalue weighted by atomic mass is 10.1. The van der Waals surface area contributed by atoms with Gasteiger partial charge in [0.15, 0.2) is 5.76 Å². The number of para-hydroxylation sites is 2. The zero-order valence-electron chi connectivity index (χ0n) is 14.6. The first kappa shape index (κ1) is 18.2. The van der Waals surface area contributed by atoms with Crippen LogP contribution in [-0.2, 0) is 11.3 Å². The molecule has 134 valence electrons. The van der Waals surface area contributed by atoms with Crippen molar-refractivity contribution in [2.24, 2.45) is 0 Å². The van der Waals surface area contributed by atoms with E-state index in [1.165, 1.54) is 6.92 Å². The first-order valence-corrected chi connectivity index (χ1v) is 9.11. The third-order valence-corrected chi connectivity index (χ3v) is 4.80. The first-order valence-electron chi connectivity index (χ1n) is 8.32. The van der Waals surface area contributed by atoms with Crippen molar-refractivity contribution in [3.8, 4) is 0 Å². The van der Waals surface area contributed by atoms with Gasteiger partial charge in [0.2, 0.25) is 5.91 Å². The molecule has 0 aliphatic heterocycles. The maximum atomic E-state index is 12.6. The number of nitrogens with one attached hydrogen (secondary N) is 1. The van der Waals surface area contributed by atoms with Crippen LogP contribution in [0.4, 0.5) is 5.69 Å². The number of rotatable bonds is 5. The van der Waals surface area contributed by atoms with Crippen molar-refractivity contribution in [3.63, 3.8) is 0 Å². The standard InChI is InChI=1S/C20H19BrN2O3/c1-3-23(13(2)24)12-15-7-4-5-10-17(15)22-20(25)18-11-14-8-6-9-16(21)19(14)26-18/h4-11H,3,12H2,1-2H3,(H,22,25). The maximum absolute atomic E-state index is 12.6. The monoisotopic (exact) mass is 414 g/mol. The summed E-state index contributed by atoms with van der Waals surface area (Å²) in [4.78, 5) is 26.0. The highest BCUT2D eigenvalue weighted by molar-refractivity contribution is 9.10. The molecule has 0 radical (unpaired) electrons. The Balaban J connectivity index is 1.85. The van der Waals surface area contributed by atoms with Crippen molar-refractivity contribution in [3.05, 3.63) is 64.3 Å². The van der Waals surface area contributed by atoms with Gasteiger partial charge in [-0.15, -0.1) is 0 Å². The van der Waals surface area contributed by atoms with E-state index in [1.807, 2.05) is 49.4 Å². The zero-order valence-corrected chi connectivity index (χ0v) is 16.2. The van der Waals surface area contributed by atoms with Crippen LogP contribution < -0.4 is 5.32 Å². The van der Waals surface area contributed by atoms with Crippen LogP contribution in [-0.4, -0.2) is 23.3 Å². The van der Waals surface area contributed by atoms with Crippen molar-refractivity contribution in [1.29, 1.82) is 0 Å². The molecule has 0 saturated carbocycles. The Hall–Kier alpha value is -2.60. The normalized spacial score (nSPS) is 10.7. The summed E-state index contributed by atoms with van der Waals surface area (Å²) < 4.78 is 6.49. The molecule has 6 heteroatoms. The van der Waals surface area contributed by atoms with Crippen LogP contribution in [0.25, 0.3) is 11.0 Å². The molecule has 0 aliphatic carbocycles. The van der Waals surface area contributed by atoms with Gasteiger partial charge in [0, 0.05) is 31.1 Å². The lowest BCUT2D eigenvalue weighted by Crippen LogP contribution is -2.28. The highest BCUT2D eigenvalue weighted by atomic mass is 79.9. The van der Waals surface area contributed by atoms with Gasteiger partial charge in [-0.25, -0.2) is 0 Å². The van der Waals surface area contributed by atoms with Gasteiger partial charge in [0.05, 0.1) is 4.47 Å². The van der Waals surface area contributed by atoms with Gasteiger partial charge >= 0.3 is 0 Å². The van der Waals surface area contributed by atoms with Gasteiger partial charge in [-0.1, -0.05) is 30.3 Å². The molecule has 3 aromatic rings. The van der Waals surface area contributed by atoms with Crippen LogP contribution in [0.3, 0.4) is 0 Å². The van der Waals surface area contributed by atoms with E-state index in [0.717, 1.165) is 15.4 Å². The molecule has 0 bridgehead atoms. The number of nitrogens with zero attached hydrogens (tertiary/aromatic N) is 1. The molecule has 0 aliphatic rings. The minimum absolute atomic E-state index is 0.00392. The quantitative estimate of drug-likeness (QED) is 0.650. The van der Waals surface area contributed by atoms with Gasteiger partial charge in [-0.2, -0.15) is 0 Å². The van der Waals surface area contributed by atoms with Gasteiger partial charge in [-0.05, 0) is 46.6 Å². The minimum atomic E-state index is -0.327. The minimum Gasteiger partial charge on any atom is -0.450 e. The summed E-state index contributed by atoms with van der Waals surface area (Å²) in [5.41, 5.74) is 2.17. The Morgan fingerprint density at radius 1 is 1.15 bits per heavy atom. The average Bonchev–Trinajstić information content (AvgIpc) is 3.06. The molecule has 0 saturated heterocycles. The number of anilines is 1. The summed E-state index contributed by atoms with van der Waals surface area (Å²) in [6.45, 7) is 4.51. The fourth-order valence-corrected chi connectivity index (χ4v) is 3.22. The second-order valence-electron chi connectivity index (χ2n) is 5.91. The number of amides is 2. The number of hydrogen-bond donors (Lipinski definition) is 1. The molecule has 0 spiro atoms. The summed E-state index contributed by atoms with van der Waals surface area (Å²) >= 11 is 3.42. The van der Waals surface area contributed by atoms with E-state index >= 15 is 0 Å². The van der Waals surface area contributed by atoms with Crippen LogP contribution in [0.5, 0.6) is 0 Å². The zero-order chi connectivity index (χ0) is 18.7. The lowest BCUT2D eigenvalue weighted by Gasteiger charge is -2.20. The predicted molar refractivity (Wildman–Crippen MR) is 105 cm³/mol. The number of benzene rings is 2. The number of fused-ring (bicyclic) bond motifs is 1. The number of carbonyl (C=O) groups excluding carboxylic acids is 2. The van der Waals surface area contributed by atoms with E-state index in [0.29, 0.717) is 24.4 Å². The topological polar surface area (TPSA) is 62.6 Å². The Bertz CT molecular complexity index is 965. The molecule has 1 aromatic heterocycles. The van der Waals surface area contributed by atoms with Crippen LogP contribution in [0.2, 0.25) is 0 Å². The SMILES string of the molecule is CCN(Cc1ccccc1NC(=O)c1cc2cccc(Br)c2o1)C(C)=O. The van der Waals surface area contributed by atoms with Crippen molar-refractivity contribution in [2.45, 2.75) is 20.4 Å². The molecule has 2 aromatic carbocycles. The summed E-state index contributed by atoms with van der Waals surface area (Å²) in [7, 11) is 0. The Labute approximate surface area is 160 Å². The number of hydrogen-bond acceptors (Lipinski definition) is 3. The molecule has 3 rings (SSSR count). The van der Waals surface area contributed by atoms with Crippen LogP contribution >= 0.6 is 15.9 Å². The summed E-state index contributed by atoms with van der Waals surface area (Å²) in [5, 5.41) is 3.74. The van der Waals surface area contributed by atoms with E-state index in [-0.39, 0.29) is 17.6 Å². The fourth-order valence-electron chi connectivity index (χ4n) is 2.75. The van der Waals surface area contributed by atoms with Gasteiger partial charge in [0.25, 0.3) is 5.91 Å². The maximum Gasteiger partial charge on any atom is 0.291 e. The largest absolute Gasteiger partial charge is 0.450 e. The highest BCUT2D eigenvalue weighted by Gasteiger charge is 2.16. The van der Waals surface area contributed by atoms with Crippen molar-refractivity contribution in [2.75, 3.05) is 11.9 Å². The molecule has 5 nitrogen and oxygen atoms in total.